The number of hydrogen-bond donors (Lipinski definition) is 0. The van der Waals surface area contributed by atoms with E-state index < -0.39 is 0 Å². The molecule has 14 heavy (non-hydrogen) atoms. The van der Waals surface area contributed by atoms with Crippen molar-refractivity contribution in [3.05, 3.63) is 11.8 Å². The van der Waals surface area contributed by atoms with Crippen molar-refractivity contribution in [3.8, 4) is 0 Å². The molecule has 2 unspecified atom stereocenters. The van der Waals surface area contributed by atoms with Crippen LogP contribution in [0.15, 0.2) is 11.8 Å². The number of Topliss-reactive ketones (excluding diaryl/α,β-unsaturated/α-hetero) is 1. The standard InChI is InChI=1S/C10H13NO2S/c1-3-7-9(13)11-8(6(2)12)4-5-14-10(7)11/h4,7,10H,3,5H2,1-2H3. The third kappa shape index (κ3) is 1.21. The minimum absolute atomic E-state index is 0.00166. The Morgan fingerprint density at radius 3 is 3.00 bits per heavy atom. The smallest absolute Gasteiger partial charge is 0.234 e. The van der Waals surface area contributed by atoms with Gasteiger partial charge in [0.1, 0.15) is 0 Å². The average molecular weight is 211 g/mol. The predicted molar refractivity (Wildman–Crippen MR) is 55.6 cm³/mol. The summed E-state index contributed by atoms with van der Waals surface area (Å²) in [5.41, 5.74) is 0.600. The number of nitrogens with zero attached hydrogens (tertiary/aromatic N) is 1. The molecule has 0 spiro atoms. The molecular formula is C10H13NO2S. The van der Waals surface area contributed by atoms with Crippen molar-refractivity contribution in [1.29, 1.82) is 0 Å². The molecule has 2 aliphatic heterocycles. The highest BCUT2D eigenvalue weighted by Gasteiger charge is 2.49. The Balaban J connectivity index is 2.23. The van der Waals surface area contributed by atoms with E-state index in [-0.39, 0.29) is 23.0 Å². The van der Waals surface area contributed by atoms with Crippen molar-refractivity contribution in [3.63, 3.8) is 0 Å². The van der Waals surface area contributed by atoms with Crippen LogP contribution >= 0.6 is 11.8 Å². The van der Waals surface area contributed by atoms with Crippen LogP contribution in [0.3, 0.4) is 0 Å². The first-order valence-corrected chi connectivity index (χ1v) is 5.87. The number of thioether (sulfide) groups is 1. The lowest BCUT2D eigenvalue weighted by Gasteiger charge is -2.48. The van der Waals surface area contributed by atoms with Crippen LogP contribution in [0.2, 0.25) is 0 Å². The van der Waals surface area contributed by atoms with E-state index in [1.165, 1.54) is 6.92 Å². The first-order chi connectivity index (χ1) is 6.66. The summed E-state index contributed by atoms with van der Waals surface area (Å²) in [6.45, 7) is 3.54. The number of carbonyl (C=O) groups is 2. The number of ketones is 1. The molecule has 0 aromatic heterocycles. The van der Waals surface area contributed by atoms with Gasteiger partial charge in [0.05, 0.1) is 17.0 Å². The van der Waals surface area contributed by atoms with Crippen molar-refractivity contribution >= 4 is 23.5 Å². The zero-order valence-electron chi connectivity index (χ0n) is 8.32. The van der Waals surface area contributed by atoms with Gasteiger partial charge < -0.3 is 0 Å². The number of fused-ring (bicyclic) bond motifs is 1. The number of β-lactam (4-membered cyclic amide) rings is 1. The van der Waals surface area contributed by atoms with Gasteiger partial charge in [0.2, 0.25) is 5.91 Å². The van der Waals surface area contributed by atoms with Gasteiger partial charge in [-0.3, -0.25) is 14.5 Å². The van der Waals surface area contributed by atoms with Gasteiger partial charge in [-0.1, -0.05) is 6.92 Å². The zero-order valence-corrected chi connectivity index (χ0v) is 9.13. The van der Waals surface area contributed by atoms with Crippen molar-refractivity contribution in [2.45, 2.75) is 25.6 Å². The van der Waals surface area contributed by atoms with Crippen LogP contribution in [-0.2, 0) is 9.59 Å². The van der Waals surface area contributed by atoms with Gasteiger partial charge in [0.15, 0.2) is 5.78 Å². The van der Waals surface area contributed by atoms with Crippen LogP contribution in [-0.4, -0.2) is 27.7 Å². The largest absolute Gasteiger partial charge is 0.296 e. The van der Waals surface area contributed by atoms with E-state index in [0.717, 1.165) is 12.2 Å². The van der Waals surface area contributed by atoms with Gasteiger partial charge in [-0.05, 0) is 12.5 Å². The quantitative estimate of drug-likeness (QED) is 0.648. The molecule has 3 nitrogen and oxygen atoms in total. The van der Waals surface area contributed by atoms with Gasteiger partial charge >= 0.3 is 0 Å². The molecule has 0 saturated carbocycles. The number of allylic oxidation sites excluding steroid dienone is 1. The molecule has 76 valence electrons. The van der Waals surface area contributed by atoms with Crippen molar-refractivity contribution in [2.24, 2.45) is 5.92 Å². The van der Waals surface area contributed by atoms with Gasteiger partial charge in [-0.25, -0.2) is 0 Å². The summed E-state index contributed by atoms with van der Waals surface area (Å²) in [5, 5.41) is 0.219. The van der Waals surface area contributed by atoms with Crippen LogP contribution in [0, 0.1) is 5.92 Å². The molecule has 4 heteroatoms. The molecule has 0 aromatic carbocycles. The molecule has 0 bridgehead atoms. The fraction of sp³-hybridized carbons (Fsp3) is 0.600. The Morgan fingerprint density at radius 2 is 2.43 bits per heavy atom. The van der Waals surface area contributed by atoms with E-state index in [2.05, 4.69) is 0 Å². The van der Waals surface area contributed by atoms with E-state index in [0.29, 0.717) is 5.70 Å². The maximum atomic E-state index is 11.7. The lowest BCUT2D eigenvalue weighted by atomic mass is 9.93. The second kappa shape index (κ2) is 3.42. The molecule has 0 aromatic rings. The Kier molecular flexibility index (Phi) is 2.39. The Bertz CT molecular complexity index is 324. The number of hydrogen-bond acceptors (Lipinski definition) is 3. The monoisotopic (exact) mass is 211 g/mol. The average Bonchev–Trinajstić information content (AvgIpc) is 2.16. The van der Waals surface area contributed by atoms with Crippen LogP contribution in [0.4, 0.5) is 0 Å². The fourth-order valence-electron chi connectivity index (χ4n) is 1.98. The SMILES string of the molecule is CCC1C(=O)N2C(C(C)=O)=CCSC12. The summed E-state index contributed by atoms with van der Waals surface area (Å²) >= 11 is 1.75. The lowest BCUT2D eigenvalue weighted by molar-refractivity contribution is -0.148. The molecule has 2 atom stereocenters. The van der Waals surface area contributed by atoms with E-state index in [1.807, 2.05) is 13.0 Å². The lowest BCUT2D eigenvalue weighted by Crippen LogP contribution is -2.60. The van der Waals surface area contributed by atoms with Gasteiger partial charge in [-0.15, -0.1) is 11.8 Å². The van der Waals surface area contributed by atoms with E-state index in [1.54, 1.807) is 16.7 Å². The molecule has 2 rings (SSSR count). The minimum atomic E-state index is -0.00166. The van der Waals surface area contributed by atoms with Crippen molar-refractivity contribution in [2.75, 3.05) is 5.75 Å². The van der Waals surface area contributed by atoms with Crippen molar-refractivity contribution in [1.82, 2.24) is 4.90 Å². The van der Waals surface area contributed by atoms with E-state index >= 15 is 0 Å². The fourth-order valence-corrected chi connectivity index (χ4v) is 3.34. The van der Waals surface area contributed by atoms with E-state index in [9.17, 15) is 9.59 Å². The molecular weight excluding hydrogens is 198 g/mol. The maximum Gasteiger partial charge on any atom is 0.234 e. The molecule has 0 aliphatic carbocycles. The molecule has 0 radical (unpaired) electrons. The third-order valence-corrected chi connectivity index (χ3v) is 4.00. The number of carbonyl (C=O) groups excluding carboxylic acids is 2. The first kappa shape index (κ1) is 9.77. The second-order valence-corrected chi connectivity index (χ2v) is 4.74. The Labute approximate surface area is 87.5 Å². The summed E-state index contributed by atoms with van der Waals surface area (Å²) in [4.78, 5) is 24.6. The van der Waals surface area contributed by atoms with Crippen LogP contribution in [0.1, 0.15) is 20.3 Å². The molecule has 1 amide bonds. The topological polar surface area (TPSA) is 37.4 Å². The molecule has 2 aliphatic rings. The molecule has 0 N–H and O–H groups in total. The van der Waals surface area contributed by atoms with Gasteiger partial charge in [0, 0.05) is 12.7 Å². The first-order valence-electron chi connectivity index (χ1n) is 4.82. The van der Waals surface area contributed by atoms with Gasteiger partial charge in [-0.2, -0.15) is 0 Å². The van der Waals surface area contributed by atoms with E-state index in [4.69, 9.17) is 0 Å². The maximum absolute atomic E-state index is 11.7. The zero-order chi connectivity index (χ0) is 10.3. The van der Waals surface area contributed by atoms with Gasteiger partial charge in [0.25, 0.3) is 0 Å². The highest BCUT2D eigenvalue weighted by molar-refractivity contribution is 8.00. The van der Waals surface area contributed by atoms with Crippen LogP contribution < -0.4 is 0 Å². The molecule has 1 fully saturated rings. The van der Waals surface area contributed by atoms with Crippen LogP contribution in [0.25, 0.3) is 0 Å². The predicted octanol–water partition coefficient (Wildman–Crippen LogP) is 1.40. The normalized spacial score (nSPS) is 30.6. The molecule has 2 heterocycles. The Hall–Kier alpha value is -0.770. The Morgan fingerprint density at radius 1 is 1.71 bits per heavy atom. The third-order valence-electron chi connectivity index (χ3n) is 2.76. The van der Waals surface area contributed by atoms with Crippen molar-refractivity contribution < 1.29 is 9.59 Å². The second-order valence-electron chi connectivity index (χ2n) is 3.59. The summed E-state index contributed by atoms with van der Waals surface area (Å²) < 4.78 is 0. The number of amides is 1. The minimum Gasteiger partial charge on any atom is -0.296 e. The van der Waals surface area contributed by atoms with Crippen LogP contribution in [0.5, 0.6) is 0 Å². The highest BCUT2D eigenvalue weighted by Crippen LogP contribution is 2.42. The summed E-state index contributed by atoms with van der Waals surface area (Å²) in [5.74, 6) is 1.09. The summed E-state index contributed by atoms with van der Waals surface area (Å²) in [6.07, 6.45) is 2.73. The number of rotatable bonds is 2. The summed E-state index contributed by atoms with van der Waals surface area (Å²) in [7, 11) is 0. The summed E-state index contributed by atoms with van der Waals surface area (Å²) in [6, 6.07) is 0. The molecule has 1 saturated heterocycles. The highest BCUT2D eigenvalue weighted by atomic mass is 32.2.